The van der Waals surface area contributed by atoms with Crippen LogP contribution in [0.3, 0.4) is 0 Å². The molecule has 1 aromatic rings. The third kappa shape index (κ3) is 4.67. The third-order valence-corrected chi connectivity index (χ3v) is 4.18. The molecule has 6 nitrogen and oxygen atoms in total. The van der Waals surface area contributed by atoms with Gasteiger partial charge in [-0.3, -0.25) is 9.59 Å². The number of hydrogen-bond acceptors (Lipinski definition) is 4. The minimum Gasteiger partial charge on any atom is -0.396 e. The van der Waals surface area contributed by atoms with Crippen LogP contribution in [0.5, 0.6) is 0 Å². The van der Waals surface area contributed by atoms with E-state index >= 15 is 0 Å². The van der Waals surface area contributed by atoms with Gasteiger partial charge in [-0.15, -0.1) is 0 Å². The first kappa shape index (κ1) is 17.7. The normalized spacial score (nSPS) is 21.7. The molecule has 7 heteroatoms. The lowest BCUT2D eigenvalue weighted by molar-refractivity contribution is -0.124. The molecule has 1 aliphatic rings. The van der Waals surface area contributed by atoms with Gasteiger partial charge in [0, 0.05) is 23.8 Å². The summed E-state index contributed by atoms with van der Waals surface area (Å²) in [4.78, 5) is 24.4. The molecule has 0 aromatic heterocycles. The van der Waals surface area contributed by atoms with Gasteiger partial charge in [0.25, 0.3) is 5.91 Å². The Kier molecular flexibility index (Phi) is 5.98. The minimum atomic E-state index is -0.700. The lowest BCUT2D eigenvalue weighted by atomic mass is 9.94. The van der Waals surface area contributed by atoms with Crippen molar-refractivity contribution in [1.82, 2.24) is 10.6 Å². The highest BCUT2D eigenvalue weighted by Gasteiger charge is 2.37. The van der Waals surface area contributed by atoms with E-state index in [0.717, 1.165) is 0 Å². The van der Waals surface area contributed by atoms with Gasteiger partial charge in [-0.05, 0) is 44.0 Å². The van der Waals surface area contributed by atoms with E-state index in [0.29, 0.717) is 36.6 Å². The van der Waals surface area contributed by atoms with E-state index < -0.39 is 11.6 Å². The fraction of sp³-hybridized carbons (Fsp3) is 0.500. The highest BCUT2D eigenvalue weighted by atomic mass is 35.5. The second-order valence-electron chi connectivity index (χ2n) is 5.75. The maximum atomic E-state index is 12.3. The fourth-order valence-electron chi connectivity index (χ4n) is 2.50. The summed E-state index contributed by atoms with van der Waals surface area (Å²) in [6.07, 6.45) is 1.08. The Morgan fingerprint density at radius 2 is 2.09 bits per heavy atom. The Morgan fingerprint density at radius 1 is 1.39 bits per heavy atom. The van der Waals surface area contributed by atoms with Crippen molar-refractivity contribution in [3.63, 3.8) is 0 Å². The SMILES string of the molecule is CC(NC(=O)c1ccc(Cl)cc1)C(=O)NC1(CCO)CCOC1. The Hall–Kier alpha value is -1.63. The van der Waals surface area contributed by atoms with Crippen molar-refractivity contribution in [1.29, 1.82) is 0 Å². The number of ether oxygens (including phenoxy) is 1. The summed E-state index contributed by atoms with van der Waals surface area (Å²) in [6.45, 7) is 2.50. The summed E-state index contributed by atoms with van der Waals surface area (Å²) in [7, 11) is 0. The van der Waals surface area contributed by atoms with Crippen molar-refractivity contribution in [2.75, 3.05) is 19.8 Å². The van der Waals surface area contributed by atoms with Crippen molar-refractivity contribution in [3.8, 4) is 0 Å². The molecular weight excluding hydrogens is 320 g/mol. The van der Waals surface area contributed by atoms with Crippen molar-refractivity contribution < 1.29 is 19.4 Å². The maximum Gasteiger partial charge on any atom is 0.251 e. The van der Waals surface area contributed by atoms with Crippen LogP contribution in [0.25, 0.3) is 0 Å². The maximum absolute atomic E-state index is 12.3. The van der Waals surface area contributed by atoms with Crippen LogP contribution in [-0.2, 0) is 9.53 Å². The van der Waals surface area contributed by atoms with Crippen LogP contribution in [0.1, 0.15) is 30.1 Å². The summed E-state index contributed by atoms with van der Waals surface area (Å²) in [5.74, 6) is -0.644. The van der Waals surface area contributed by atoms with E-state index in [1.807, 2.05) is 0 Å². The standard InChI is InChI=1S/C16H21ClN2O4/c1-11(18-15(22)12-2-4-13(17)5-3-12)14(21)19-16(6-8-20)7-9-23-10-16/h2-5,11,20H,6-10H2,1H3,(H,18,22)(H,19,21). The molecule has 1 fully saturated rings. The first-order chi connectivity index (χ1) is 11.0. The number of benzene rings is 1. The largest absolute Gasteiger partial charge is 0.396 e. The van der Waals surface area contributed by atoms with E-state index in [1.165, 1.54) is 0 Å². The average Bonchev–Trinajstić information content (AvgIpc) is 2.96. The molecule has 2 rings (SSSR count). The highest BCUT2D eigenvalue weighted by Crippen LogP contribution is 2.22. The van der Waals surface area contributed by atoms with Gasteiger partial charge in [-0.1, -0.05) is 11.6 Å². The molecule has 1 saturated heterocycles. The second kappa shape index (κ2) is 7.77. The van der Waals surface area contributed by atoms with Gasteiger partial charge < -0.3 is 20.5 Å². The molecule has 1 aromatic carbocycles. The number of hydrogen-bond donors (Lipinski definition) is 3. The van der Waals surface area contributed by atoms with Crippen molar-refractivity contribution in [2.45, 2.75) is 31.3 Å². The van der Waals surface area contributed by atoms with Crippen LogP contribution in [-0.4, -0.2) is 48.3 Å². The second-order valence-corrected chi connectivity index (χ2v) is 6.18. The Balaban J connectivity index is 1.94. The van der Waals surface area contributed by atoms with Gasteiger partial charge in [-0.25, -0.2) is 0 Å². The summed E-state index contributed by atoms with van der Waals surface area (Å²) in [6, 6.07) is 5.73. The zero-order chi connectivity index (χ0) is 16.9. The van der Waals surface area contributed by atoms with Crippen LogP contribution in [0.15, 0.2) is 24.3 Å². The number of nitrogens with one attached hydrogen (secondary N) is 2. The molecule has 0 aliphatic carbocycles. The number of aliphatic hydroxyl groups is 1. The van der Waals surface area contributed by atoms with E-state index in [-0.39, 0.29) is 18.4 Å². The molecule has 0 radical (unpaired) electrons. The third-order valence-electron chi connectivity index (χ3n) is 3.93. The fourth-order valence-corrected chi connectivity index (χ4v) is 2.62. The molecule has 1 aliphatic heterocycles. The molecule has 0 saturated carbocycles. The molecule has 2 atom stereocenters. The summed E-state index contributed by atoms with van der Waals surface area (Å²) < 4.78 is 5.33. The Bertz CT molecular complexity index is 556. The predicted octanol–water partition coefficient (Wildman–Crippen LogP) is 1.12. The van der Waals surface area contributed by atoms with Crippen LogP contribution in [0.4, 0.5) is 0 Å². The van der Waals surface area contributed by atoms with Crippen molar-refractivity contribution in [3.05, 3.63) is 34.9 Å². The number of rotatable bonds is 6. The molecular formula is C16H21ClN2O4. The zero-order valence-electron chi connectivity index (χ0n) is 13.0. The van der Waals surface area contributed by atoms with Crippen LogP contribution < -0.4 is 10.6 Å². The van der Waals surface area contributed by atoms with Gasteiger partial charge in [0.05, 0.1) is 12.1 Å². The van der Waals surface area contributed by atoms with Crippen LogP contribution in [0.2, 0.25) is 5.02 Å². The monoisotopic (exact) mass is 340 g/mol. The first-order valence-electron chi connectivity index (χ1n) is 7.53. The number of carbonyl (C=O) groups excluding carboxylic acids is 2. The van der Waals surface area contributed by atoms with Crippen LogP contribution >= 0.6 is 11.6 Å². The number of aliphatic hydroxyl groups excluding tert-OH is 1. The molecule has 1 heterocycles. The van der Waals surface area contributed by atoms with E-state index in [4.69, 9.17) is 16.3 Å². The van der Waals surface area contributed by atoms with Gasteiger partial charge >= 0.3 is 0 Å². The number of carbonyl (C=O) groups is 2. The number of halogens is 1. The van der Waals surface area contributed by atoms with Gasteiger partial charge in [0.15, 0.2) is 0 Å². The summed E-state index contributed by atoms with van der Waals surface area (Å²) in [5.41, 5.74) is -0.117. The lowest BCUT2D eigenvalue weighted by Crippen LogP contribution is -2.55. The minimum absolute atomic E-state index is 0.0326. The number of amides is 2. The van der Waals surface area contributed by atoms with Gasteiger partial charge in [0.1, 0.15) is 6.04 Å². The van der Waals surface area contributed by atoms with Crippen LogP contribution in [0, 0.1) is 0 Å². The summed E-state index contributed by atoms with van der Waals surface area (Å²) in [5, 5.41) is 15.3. The topological polar surface area (TPSA) is 87.7 Å². The van der Waals surface area contributed by atoms with Gasteiger partial charge in [0.2, 0.25) is 5.91 Å². The summed E-state index contributed by atoms with van der Waals surface area (Å²) >= 11 is 5.78. The highest BCUT2D eigenvalue weighted by molar-refractivity contribution is 6.30. The predicted molar refractivity (Wildman–Crippen MR) is 86.4 cm³/mol. The van der Waals surface area contributed by atoms with E-state index in [9.17, 15) is 14.7 Å². The van der Waals surface area contributed by atoms with E-state index in [2.05, 4.69) is 10.6 Å². The smallest absolute Gasteiger partial charge is 0.251 e. The van der Waals surface area contributed by atoms with E-state index in [1.54, 1.807) is 31.2 Å². The Morgan fingerprint density at radius 3 is 2.65 bits per heavy atom. The lowest BCUT2D eigenvalue weighted by Gasteiger charge is -2.29. The van der Waals surface area contributed by atoms with Crippen molar-refractivity contribution >= 4 is 23.4 Å². The van der Waals surface area contributed by atoms with Crippen molar-refractivity contribution in [2.24, 2.45) is 0 Å². The molecule has 2 unspecified atom stereocenters. The molecule has 126 valence electrons. The zero-order valence-corrected chi connectivity index (χ0v) is 13.7. The molecule has 3 N–H and O–H groups in total. The molecule has 0 spiro atoms. The average molecular weight is 341 g/mol. The van der Waals surface area contributed by atoms with Gasteiger partial charge in [-0.2, -0.15) is 0 Å². The quantitative estimate of drug-likeness (QED) is 0.724. The molecule has 0 bridgehead atoms. The first-order valence-corrected chi connectivity index (χ1v) is 7.91. The molecule has 2 amide bonds. The Labute approximate surface area is 140 Å². The molecule has 23 heavy (non-hydrogen) atoms.